The molecule has 4 amide bonds. The number of aryl methyl sites for hydroxylation is 1. The second-order valence-corrected chi connectivity index (χ2v) is 10.3. The number of hydrogen-bond acceptors (Lipinski definition) is 8. The standard InChI is InChI=1S/C33H38N4O8/c1-22(38)34-30(21-44-20-26-11-7-4-8-12-26)32(41)35-28(18-15-24-9-5-3-6-10-24)31(40)36-29(33(42)37-43)19-25-13-16-27(17-14-25)45-23(2)39/h3-14,16-17,28-30,43H,15,18-21H2,1-2H3,(H,34,38)(H,35,41)(H,36,40)(H,37,42)/t28-,29-,30+/m1/s1. The summed E-state index contributed by atoms with van der Waals surface area (Å²) in [4.78, 5) is 62.6. The lowest BCUT2D eigenvalue weighted by atomic mass is 10.0. The van der Waals surface area contributed by atoms with Crippen LogP contribution in [0.15, 0.2) is 84.9 Å². The lowest BCUT2D eigenvalue weighted by Crippen LogP contribution is -2.57. The number of hydroxylamine groups is 1. The smallest absolute Gasteiger partial charge is 0.308 e. The van der Waals surface area contributed by atoms with Crippen molar-refractivity contribution in [3.63, 3.8) is 0 Å². The molecule has 0 aliphatic carbocycles. The number of amides is 4. The summed E-state index contributed by atoms with van der Waals surface area (Å²) in [7, 11) is 0. The van der Waals surface area contributed by atoms with Crippen LogP contribution in [0.4, 0.5) is 0 Å². The van der Waals surface area contributed by atoms with Crippen molar-refractivity contribution >= 4 is 29.6 Å². The van der Waals surface area contributed by atoms with E-state index in [1.165, 1.54) is 26.0 Å². The first kappa shape index (κ1) is 34.4. The Bertz CT molecular complexity index is 1420. The molecule has 3 atom stereocenters. The van der Waals surface area contributed by atoms with E-state index in [4.69, 9.17) is 9.47 Å². The molecule has 0 aliphatic rings. The van der Waals surface area contributed by atoms with Gasteiger partial charge < -0.3 is 25.4 Å². The number of nitrogens with one attached hydrogen (secondary N) is 4. The molecule has 0 heterocycles. The highest BCUT2D eigenvalue weighted by molar-refractivity contribution is 5.94. The van der Waals surface area contributed by atoms with Gasteiger partial charge in [0.25, 0.3) is 5.91 Å². The minimum Gasteiger partial charge on any atom is -0.427 e. The predicted octanol–water partition coefficient (Wildman–Crippen LogP) is 1.98. The second-order valence-electron chi connectivity index (χ2n) is 10.3. The molecule has 0 saturated carbocycles. The van der Waals surface area contributed by atoms with Crippen molar-refractivity contribution < 1.29 is 38.7 Å². The van der Waals surface area contributed by atoms with E-state index < -0.39 is 47.7 Å². The molecule has 3 aromatic carbocycles. The van der Waals surface area contributed by atoms with Crippen LogP contribution in [-0.2, 0) is 48.2 Å². The molecule has 0 bridgehead atoms. The van der Waals surface area contributed by atoms with E-state index >= 15 is 0 Å². The van der Waals surface area contributed by atoms with Gasteiger partial charge in [0, 0.05) is 20.3 Å². The molecule has 5 N–H and O–H groups in total. The maximum absolute atomic E-state index is 13.6. The van der Waals surface area contributed by atoms with Crippen LogP contribution in [0.25, 0.3) is 0 Å². The summed E-state index contributed by atoms with van der Waals surface area (Å²) in [6, 6.07) is 21.6. The van der Waals surface area contributed by atoms with Gasteiger partial charge in [-0.2, -0.15) is 0 Å². The second kappa shape index (κ2) is 17.9. The van der Waals surface area contributed by atoms with Gasteiger partial charge in [0.05, 0.1) is 13.2 Å². The Kier molecular flexibility index (Phi) is 13.7. The molecule has 0 saturated heterocycles. The van der Waals surface area contributed by atoms with Crippen molar-refractivity contribution in [2.75, 3.05) is 6.61 Å². The zero-order chi connectivity index (χ0) is 32.6. The zero-order valence-corrected chi connectivity index (χ0v) is 25.2. The molecule has 0 fully saturated rings. The third-order valence-corrected chi connectivity index (χ3v) is 6.66. The first-order valence-electron chi connectivity index (χ1n) is 14.4. The Balaban J connectivity index is 1.75. The van der Waals surface area contributed by atoms with Crippen molar-refractivity contribution in [3.05, 3.63) is 102 Å². The summed E-state index contributed by atoms with van der Waals surface area (Å²) in [6.07, 6.45) is 0.576. The van der Waals surface area contributed by atoms with E-state index in [2.05, 4.69) is 16.0 Å². The van der Waals surface area contributed by atoms with Crippen molar-refractivity contribution in [2.45, 2.75) is 57.8 Å². The van der Waals surface area contributed by atoms with E-state index in [0.29, 0.717) is 17.7 Å². The number of ether oxygens (including phenoxy) is 2. The van der Waals surface area contributed by atoms with E-state index in [-0.39, 0.29) is 26.1 Å². The first-order chi connectivity index (χ1) is 21.6. The van der Waals surface area contributed by atoms with Crippen LogP contribution in [0.3, 0.4) is 0 Å². The summed E-state index contributed by atoms with van der Waals surface area (Å²) in [5.74, 6) is -2.82. The molecule has 12 heteroatoms. The van der Waals surface area contributed by atoms with Crippen LogP contribution in [0.1, 0.15) is 37.0 Å². The van der Waals surface area contributed by atoms with Gasteiger partial charge in [0.1, 0.15) is 23.9 Å². The maximum atomic E-state index is 13.6. The summed E-state index contributed by atoms with van der Waals surface area (Å²) in [5.41, 5.74) is 3.98. The largest absolute Gasteiger partial charge is 0.427 e. The molecule has 3 aromatic rings. The Hall–Kier alpha value is -5.07. The van der Waals surface area contributed by atoms with Crippen molar-refractivity contribution in [3.8, 4) is 5.75 Å². The number of rotatable bonds is 16. The Morgan fingerprint density at radius 2 is 1.24 bits per heavy atom. The molecular formula is C33H38N4O8. The van der Waals surface area contributed by atoms with Gasteiger partial charge in [-0.1, -0.05) is 72.8 Å². The molecule has 3 rings (SSSR count). The van der Waals surface area contributed by atoms with Gasteiger partial charge in [0.15, 0.2) is 0 Å². The molecule has 238 valence electrons. The van der Waals surface area contributed by atoms with Gasteiger partial charge >= 0.3 is 5.97 Å². The molecule has 0 unspecified atom stereocenters. The fourth-order valence-electron chi connectivity index (χ4n) is 4.45. The van der Waals surface area contributed by atoms with Crippen LogP contribution in [0.2, 0.25) is 0 Å². The topological polar surface area (TPSA) is 172 Å². The molecule has 45 heavy (non-hydrogen) atoms. The monoisotopic (exact) mass is 618 g/mol. The van der Waals surface area contributed by atoms with Gasteiger partial charge in [0.2, 0.25) is 17.7 Å². The van der Waals surface area contributed by atoms with E-state index in [0.717, 1.165) is 11.1 Å². The lowest BCUT2D eigenvalue weighted by Gasteiger charge is -2.25. The van der Waals surface area contributed by atoms with Gasteiger partial charge in [-0.25, -0.2) is 5.48 Å². The number of hydrogen-bond donors (Lipinski definition) is 5. The van der Waals surface area contributed by atoms with E-state index in [9.17, 15) is 29.2 Å². The molecule has 0 aromatic heterocycles. The highest BCUT2D eigenvalue weighted by atomic mass is 16.5. The first-order valence-corrected chi connectivity index (χ1v) is 14.4. The maximum Gasteiger partial charge on any atom is 0.308 e. The molecule has 0 spiro atoms. The highest BCUT2D eigenvalue weighted by Gasteiger charge is 2.29. The van der Waals surface area contributed by atoms with Gasteiger partial charge in [-0.15, -0.1) is 0 Å². The quantitative estimate of drug-likeness (QED) is 0.0702. The van der Waals surface area contributed by atoms with Crippen molar-refractivity contribution in [1.82, 2.24) is 21.4 Å². The lowest BCUT2D eigenvalue weighted by molar-refractivity contribution is -0.136. The fraction of sp³-hybridized carbons (Fsp3) is 0.303. The van der Waals surface area contributed by atoms with Crippen LogP contribution in [0, 0.1) is 0 Å². The molecular weight excluding hydrogens is 580 g/mol. The Morgan fingerprint density at radius 3 is 1.82 bits per heavy atom. The summed E-state index contributed by atoms with van der Waals surface area (Å²) in [5, 5.41) is 17.3. The number of benzene rings is 3. The zero-order valence-electron chi connectivity index (χ0n) is 25.2. The highest BCUT2D eigenvalue weighted by Crippen LogP contribution is 2.14. The molecule has 0 radical (unpaired) electrons. The SMILES string of the molecule is CC(=O)N[C@@H](COCc1ccccc1)C(=O)N[C@H](CCc1ccccc1)C(=O)N[C@H](Cc1ccc(OC(C)=O)cc1)C(=O)NO. The van der Waals surface area contributed by atoms with Crippen molar-refractivity contribution in [1.29, 1.82) is 0 Å². The molecule has 0 aliphatic heterocycles. The average molecular weight is 619 g/mol. The Labute approximate surface area is 261 Å². The van der Waals surface area contributed by atoms with Crippen LogP contribution in [0.5, 0.6) is 5.75 Å². The van der Waals surface area contributed by atoms with Crippen LogP contribution in [-0.4, -0.2) is 59.5 Å². The minimum atomic E-state index is -1.21. The summed E-state index contributed by atoms with van der Waals surface area (Å²) >= 11 is 0. The normalized spacial score (nSPS) is 12.6. The number of carbonyl (C=O) groups excluding carboxylic acids is 5. The van der Waals surface area contributed by atoms with Crippen LogP contribution < -0.4 is 26.2 Å². The van der Waals surface area contributed by atoms with E-state index in [1.807, 2.05) is 60.7 Å². The summed E-state index contributed by atoms with van der Waals surface area (Å²) < 4.78 is 10.7. The average Bonchev–Trinajstić information content (AvgIpc) is 3.03. The number of esters is 1. The summed E-state index contributed by atoms with van der Waals surface area (Å²) in [6.45, 7) is 2.61. The number of carbonyl (C=O) groups is 5. The predicted molar refractivity (Wildman–Crippen MR) is 164 cm³/mol. The Morgan fingerprint density at radius 1 is 0.667 bits per heavy atom. The van der Waals surface area contributed by atoms with E-state index in [1.54, 1.807) is 17.6 Å². The third-order valence-electron chi connectivity index (χ3n) is 6.66. The van der Waals surface area contributed by atoms with Gasteiger partial charge in [-0.3, -0.25) is 29.2 Å². The third kappa shape index (κ3) is 12.2. The van der Waals surface area contributed by atoms with Crippen molar-refractivity contribution in [2.24, 2.45) is 0 Å². The molecule has 12 nitrogen and oxygen atoms in total. The minimum absolute atomic E-state index is 0.0142. The van der Waals surface area contributed by atoms with Gasteiger partial charge in [-0.05, 0) is 41.7 Å². The fourth-order valence-corrected chi connectivity index (χ4v) is 4.45. The van der Waals surface area contributed by atoms with Crippen LogP contribution >= 0.6 is 0 Å².